The summed E-state index contributed by atoms with van der Waals surface area (Å²) in [5.74, 6) is 0.787. The van der Waals surface area contributed by atoms with Crippen LogP contribution in [0.5, 0.6) is 0 Å². The van der Waals surface area contributed by atoms with Gasteiger partial charge >= 0.3 is 6.18 Å². The van der Waals surface area contributed by atoms with Crippen molar-refractivity contribution in [3.05, 3.63) is 53.6 Å². The molecule has 20 heavy (non-hydrogen) atoms. The van der Waals surface area contributed by atoms with Crippen LogP contribution >= 0.6 is 0 Å². The van der Waals surface area contributed by atoms with Gasteiger partial charge in [-0.1, -0.05) is 12.1 Å². The molecule has 0 amide bonds. The van der Waals surface area contributed by atoms with Crippen LogP contribution in [-0.2, 0) is 12.7 Å². The molecule has 2 rings (SSSR count). The first kappa shape index (κ1) is 14.6. The molecule has 0 spiro atoms. The summed E-state index contributed by atoms with van der Waals surface area (Å²) in [6, 6.07) is 4.93. The molecule has 0 saturated heterocycles. The summed E-state index contributed by atoms with van der Waals surface area (Å²) in [6.07, 6.45) is -0.771. The molecule has 1 unspecified atom stereocenters. The maximum atomic E-state index is 12.6. The van der Waals surface area contributed by atoms with Crippen molar-refractivity contribution >= 4 is 0 Å². The quantitative estimate of drug-likeness (QED) is 0.933. The molecule has 0 fully saturated rings. The maximum absolute atomic E-state index is 12.6. The van der Waals surface area contributed by atoms with Crippen molar-refractivity contribution < 1.29 is 13.2 Å². The Morgan fingerprint density at radius 2 is 1.90 bits per heavy atom. The van der Waals surface area contributed by atoms with Crippen LogP contribution in [0, 0.1) is 0 Å². The zero-order valence-corrected chi connectivity index (χ0v) is 11.3. The van der Waals surface area contributed by atoms with E-state index in [1.54, 1.807) is 13.2 Å². The highest BCUT2D eigenvalue weighted by molar-refractivity contribution is 5.30. The highest BCUT2D eigenvalue weighted by Crippen LogP contribution is 2.30. The van der Waals surface area contributed by atoms with E-state index in [4.69, 9.17) is 0 Å². The van der Waals surface area contributed by atoms with Gasteiger partial charge < -0.3 is 9.88 Å². The number of nitrogens with one attached hydrogen (secondary N) is 1. The molecule has 0 radical (unpaired) electrons. The Morgan fingerprint density at radius 3 is 2.40 bits per heavy atom. The van der Waals surface area contributed by atoms with Crippen molar-refractivity contribution in [3.8, 4) is 0 Å². The fourth-order valence-corrected chi connectivity index (χ4v) is 2.16. The number of rotatable bonds is 4. The second-order valence-corrected chi connectivity index (χ2v) is 4.41. The Kier molecular flexibility index (Phi) is 4.13. The molecular weight excluding hydrogens is 267 g/mol. The first-order valence-corrected chi connectivity index (χ1v) is 6.32. The van der Waals surface area contributed by atoms with Crippen molar-refractivity contribution in [1.82, 2.24) is 14.9 Å². The summed E-state index contributed by atoms with van der Waals surface area (Å²) in [7, 11) is 1.76. The summed E-state index contributed by atoms with van der Waals surface area (Å²) in [6.45, 7) is 2.75. The standard InChI is InChI=1S/C14H16F3N3/c1-3-20-9-8-19-13(20)12(18-2)10-4-6-11(7-5-10)14(15,16)17/h4-9,12,18H,3H2,1-2H3. The van der Waals surface area contributed by atoms with Crippen LogP contribution < -0.4 is 5.32 Å². The number of nitrogens with zero attached hydrogens (tertiary/aromatic N) is 2. The average Bonchev–Trinajstić information content (AvgIpc) is 2.87. The van der Waals surface area contributed by atoms with Gasteiger partial charge in [-0.25, -0.2) is 4.98 Å². The van der Waals surface area contributed by atoms with Gasteiger partial charge in [-0.05, 0) is 31.7 Å². The predicted octanol–water partition coefficient (Wildman–Crippen LogP) is 3.23. The molecule has 6 heteroatoms. The fourth-order valence-electron chi connectivity index (χ4n) is 2.16. The summed E-state index contributed by atoms with van der Waals surface area (Å²) in [5, 5.41) is 3.09. The molecular formula is C14H16F3N3. The van der Waals surface area contributed by atoms with Gasteiger partial charge in [0, 0.05) is 18.9 Å². The maximum Gasteiger partial charge on any atom is 0.416 e. The molecule has 0 saturated carbocycles. The molecule has 3 nitrogen and oxygen atoms in total. The Balaban J connectivity index is 2.33. The molecule has 0 aliphatic heterocycles. The van der Waals surface area contributed by atoms with Gasteiger partial charge in [0.25, 0.3) is 0 Å². The summed E-state index contributed by atoms with van der Waals surface area (Å²) >= 11 is 0. The number of halogens is 3. The van der Waals surface area contributed by atoms with Crippen LogP contribution in [0.2, 0.25) is 0 Å². The van der Waals surface area contributed by atoms with Crippen molar-refractivity contribution in [3.63, 3.8) is 0 Å². The van der Waals surface area contributed by atoms with E-state index in [1.165, 1.54) is 12.1 Å². The molecule has 0 aliphatic rings. The molecule has 2 aromatic rings. The fraction of sp³-hybridized carbons (Fsp3) is 0.357. The molecule has 1 aromatic carbocycles. The first-order chi connectivity index (χ1) is 9.47. The zero-order chi connectivity index (χ0) is 14.8. The van der Waals surface area contributed by atoms with Gasteiger partial charge in [0.2, 0.25) is 0 Å². The van der Waals surface area contributed by atoms with Crippen LogP contribution in [0.1, 0.15) is 29.9 Å². The molecule has 1 aromatic heterocycles. The highest BCUT2D eigenvalue weighted by atomic mass is 19.4. The molecule has 1 atom stereocenters. The highest BCUT2D eigenvalue weighted by Gasteiger charge is 2.30. The minimum absolute atomic E-state index is 0.229. The van der Waals surface area contributed by atoms with E-state index in [1.807, 2.05) is 17.7 Å². The monoisotopic (exact) mass is 283 g/mol. The number of hydrogen-bond acceptors (Lipinski definition) is 2. The van der Waals surface area contributed by atoms with Crippen LogP contribution in [0.25, 0.3) is 0 Å². The third kappa shape index (κ3) is 2.85. The van der Waals surface area contributed by atoms with E-state index in [-0.39, 0.29) is 6.04 Å². The number of imidazole rings is 1. The van der Waals surface area contributed by atoms with Crippen molar-refractivity contribution in [2.24, 2.45) is 0 Å². The SMILES string of the molecule is CCn1ccnc1C(NC)c1ccc(C(F)(F)F)cc1. The predicted molar refractivity (Wildman–Crippen MR) is 70.2 cm³/mol. The summed E-state index contributed by atoms with van der Waals surface area (Å²) < 4.78 is 39.6. The average molecular weight is 283 g/mol. The second kappa shape index (κ2) is 5.66. The molecule has 1 heterocycles. The lowest BCUT2D eigenvalue weighted by molar-refractivity contribution is -0.137. The van der Waals surface area contributed by atoms with Gasteiger partial charge in [-0.15, -0.1) is 0 Å². The lowest BCUT2D eigenvalue weighted by Crippen LogP contribution is -2.22. The van der Waals surface area contributed by atoms with E-state index in [2.05, 4.69) is 10.3 Å². The Labute approximate surface area is 115 Å². The van der Waals surface area contributed by atoms with E-state index in [9.17, 15) is 13.2 Å². The largest absolute Gasteiger partial charge is 0.416 e. The van der Waals surface area contributed by atoms with Gasteiger partial charge in [-0.2, -0.15) is 13.2 Å². The van der Waals surface area contributed by atoms with Crippen molar-refractivity contribution in [2.75, 3.05) is 7.05 Å². The molecule has 1 N–H and O–H groups in total. The smallest absolute Gasteiger partial charge is 0.334 e. The second-order valence-electron chi connectivity index (χ2n) is 4.41. The van der Waals surface area contributed by atoms with Gasteiger partial charge in [0.05, 0.1) is 11.6 Å². The minimum Gasteiger partial charge on any atom is -0.334 e. The Morgan fingerprint density at radius 1 is 1.25 bits per heavy atom. The summed E-state index contributed by atoms with van der Waals surface area (Å²) in [4.78, 5) is 4.28. The minimum atomic E-state index is -4.31. The lowest BCUT2D eigenvalue weighted by Gasteiger charge is -2.18. The third-order valence-corrected chi connectivity index (χ3v) is 3.21. The van der Waals surface area contributed by atoms with Gasteiger partial charge in [0.1, 0.15) is 5.82 Å². The van der Waals surface area contributed by atoms with Crippen LogP contribution in [-0.4, -0.2) is 16.6 Å². The number of hydrogen-bond donors (Lipinski definition) is 1. The van der Waals surface area contributed by atoms with Crippen LogP contribution in [0.3, 0.4) is 0 Å². The van der Waals surface area contributed by atoms with Gasteiger partial charge in [-0.3, -0.25) is 0 Å². The zero-order valence-electron chi connectivity index (χ0n) is 11.3. The topological polar surface area (TPSA) is 29.9 Å². The number of alkyl halides is 3. The first-order valence-electron chi connectivity index (χ1n) is 6.32. The Hall–Kier alpha value is -1.82. The van der Waals surface area contributed by atoms with Crippen molar-refractivity contribution in [1.29, 1.82) is 0 Å². The Bertz CT molecular complexity index is 558. The van der Waals surface area contributed by atoms with E-state index in [0.717, 1.165) is 30.1 Å². The van der Waals surface area contributed by atoms with Crippen molar-refractivity contribution in [2.45, 2.75) is 25.7 Å². The summed E-state index contributed by atoms with van der Waals surface area (Å²) in [5.41, 5.74) is 0.108. The van der Waals surface area contributed by atoms with E-state index >= 15 is 0 Å². The third-order valence-electron chi connectivity index (χ3n) is 3.21. The number of aromatic nitrogens is 2. The molecule has 0 aliphatic carbocycles. The van der Waals surface area contributed by atoms with E-state index in [0.29, 0.717) is 0 Å². The lowest BCUT2D eigenvalue weighted by atomic mass is 10.0. The number of aryl methyl sites for hydroxylation is 1. The van der Waals surface area contributed by atoms with E-state index < -0.39 is 11.7 Å². The number of benzene rings is 1. The van der Waals surface area contributed by atoms with Crippen LogP contribution in [0.15, 0.2) is 36.7 Å². The van der Waals surface area contributed by atoms with Gasteiger partial charge in [0.15, 0.2) is 0 Å². The molecule has 108 valence electrons. The van der Waals surface area contributed by atoms with Crippen LogP contribution in [0.4, 0.5) is 13.2 Å². The normalized spacial score (nSPS) is 13.4. The molecule has 0 bridgehead atoms.